The number of hydrogen-bond donors (Lipinski definition) is 0. The predicted octanol–water partition coefficient (Wildman–Crippen LogP) is 25.8. The van der Waals surface area contributed by atoms with E-state index in [0.717, 1.165) is 93.8 Å². The fraction of sp³-hybridized carbons (Fsp3) is 0.118. The van der Waals surface area contributed by atoms with Crippen molar-refractivity contribution in [2.45, 2.75) is 77.4 Å². The summed E-state index contributed by atoms with van der Waals surface area (Å²) in [6.45, 7) is 17.6. The van der Waals surface area contributed by atoms with Crippen LogP contribution in [-0.4, -0.2) is 48.2 Å². The second kappa shape index (κ2) is 28.3. The van der Waals surface area contributed by atoms with Gasteiger partial charge in [0.2, 0.25) is 0 Å². The van der Waals surface area contributed by atoms with Gasteiger partial charge < -0.3 is 18.1 Å². The topological polar surface area (TPSA) is 122 Å². The first kappa shape index (κ1) is 71.3. The second-order valence-electron chi connectivity index (χ2n) is 31.7. The number of halogens is 1. The summed E-state index contributed by atoms with van der Waals surface area (Å²) >= 11 is 6.15. The summed E-state index contributed by atoms with van der Waals surface area (Å²) in [5.74, 6) is 3.92. The van der Waals surface area contributed by atoms with E-state index >= 15 is 0 Å². The van der Waals surface area contributed by atoms with Crippen molar-refractivity contribution in [3.05, 3.63) is 355 Å². The normalized spacial score (nSPS) is 14.4. The van der Waals surface area contributed by atoms with Gasteiger partial charge in [-0.1, -0.05) is 306 Å². The Morgan fingerprint density at radius 3 is 0.956 bits per heavy atom. The van der Waals surface area contributed by atoms with Crippen molar-refractivity contribution in [3.8, 4) is 124 Å². The van der Waals surface area contributed by atoms with Gasteiger partial charge in [-0.05, 0) is 172 Å². The Labute approximate surface area is 668 Å². The van der Waals surface area contributed by atoms with Crippen molar-refractivity contribution in [2.75, 3.05) is 0 Å². The number of rotatable bonds is 10. The van der Waals surface area contributed by atoms with Crippen LogP contribution in [0.1, 0.15) is 77.6 Å². The third kappa shape index (κ3) is 13.0. The number of furan rings is 2. The molecule has 12 heteroatoms. The maximum Gasteiger partial charge on any atom is 0.494 e. The Balaban J connectivity index is 0.000000121. The van der Waals surface area contributed by atoms with E-state index in [9.17, 15) is 0 Å². The van der Waals surface area contributed by atoms with Gasteiger partial charge in [0, 0.05) is 70.8 Å². The molecule has 2 aliphatic carbocycles. The van der Waals surface area contributed by atoms with Gasteiger partial charge in [-0.25, -0.2) is 29.9 Å². The molecule has 0 bridgehead atoms. The van der Waals surface area contributed by atoms with Gasteiger partial charge in [0.05, 0.1) is 11.2 Å². The van der Waals surface area contributed by atoms with Crippen LogP contribution in [0.25, 0.3) is 168 Å². The molecule has 0 spiro atoms. The summed E-state index contributed by atoms with van der Waals surface area (Å²) in [7, 11) is -0.352. The average molecular weight is 1500 g/mol. The van der Waals surface area contributed by atoms with Crippen molar-refractivity contribution in [1.29, 1.82) is 0 Å². The van der Waals surface area contributed by atoms with Crippen LogP contribution in [0.5, 0.6) is 0 Å². The summed E-state index contributed by atoms with van der Waals surface area (Å²) in [5.41, 5.74) is 26.9. The predicted molar refractivity (Wildman–Crippen MR) is 465 cm³/mol. The molecule has 21 rings (SSSR count). The quantitative estimate of drug-likeness (QED) is 0.122. The van der Waals surface area contributed by atoms with Crippen LogP contribution in [0, 0.1) is 0 Å². The Hall–Kier alpha value is -13.0. The van der Waals surface area contributed by atoms with Gasteiger partial charge in [-0.15, -0.1) is 0 Å². The standard InChI is InChI=1S/C48H33N3O.C27H27BO3.C27H18ClN3/c1-48(2)41-27-36(24-25-37(41)39-28-40-38-18-9-10-19-43(38)52-44(40)29-42(39)48)35-17-11-16-34(26-35)30-20-22-33(23-21-30)47-50-45(31-12-5-3-6-13-31)49-46(51-47)32-14-7-4-8-15-32;1-25(2)21-13-16(28-30-26(3,4)27(5,6)31-28)11-12-17(21)19-14-20-18-9-7-8-10-23(18)29-24(20)15-22(19)25;28-24-13-7-12-23(18-24)19-14-16-22(17-15-19)27-30-25(20-8-3-1-4-9-20)29-26(31-27)21-10-5-2-6-11-21/h3-29H,1-2H3;7-15H,1-6H3;1-18H. The summed E-state index contributed by atoms with van der Waals surface area (Å²) in [6, 6.07) is 113. The van der Waals surface area contributed by atoms with Crippen LogP contribution >= 0.6 is 11.6 Å². The van der Waals surface area contributed by atoms with E-state index in [4.69, 9.17) is 59.6 Å². The number of nitrogens with zero attached hydrogens (tertiary/aromatic N) is 6. The third-order valence-electron chi connectivity index (χ3n) is 23.3. The molecule has 10 nitrogen and oxygen atoms in total. The van der Waals surface area contributed by atoms with E-state index in [-0.39, 0.29) is 29.2 Å². The minimum atomic E-state index is -0.352. The van der Waals surface area contributed by atoms with Crippen molar-refractivity contribution in [3.63, 3.8) is 0 Å². The molecule has 0 N–H and O–H groups in total. The highest BCUT2D eigenvalue weighted by atomic mass is 35.5. The molecule has 114 heavy (non-hydrogen) atoms. The number of fused-ring (bicyclic) bond motifs is 12. The number of aromatic nitrogens is 6. The molecule has 3 aliphatic rings. The molecule has 550 valence electrons. The van der Waals surface area contributed by atoms with Crippen molar-refractivity contribution < 1.29 is 18.1 Å². The Kier molecular flexibility index (Phi) is 17.7. The van der Waals surface area contributed by atoms with E-state index in [1.54, 1.807) is 0 Å². The molecule has 14 aromatic carbocycles. The van der Waals surface area contributed by atoms with Crippen molar-refractivity contribution in [1.82, 2.24) is 29.9 Å². The average Bonchev–Trinajstić information content (AvgIpc) is 1.56. The molecule has 18 aromatic rings. The van der Waals surface area contributed by atoms with Gasteiger partial charge in [0.15, 0.2) is 34.9 Å². The first-order valence-corrected chi connectivity index (χ1v) is 39.1. The Bertz CT molecular complexity index is 6610. The van der Waals surface area contributed by atoms with Gasteiger partial charge in [-0.2, -0.15) is 0 Å². The fourth-order valence-corrected chi connectivity index (χ4v) is 16.5. The van der Waals surface area contributed by atoms with Gasteiger partial charge in [-0.3, -0.25) is 0 Å². The lowest BCUT2D eigenvalue weighted by Gasteiger charge is -2.32. The molecule has 0 atom stereocenters. The van der Waals surface area contributed by atoms with Crippen molar-refractivity contribution in [2.24, 2.45) is 0 Å². The molecular formula is C102H78BClN6O4. The molecule has 0 radical (unpaired) electrons. The van der Waals surface area contributed by atoms with E-state index in [2.05, 4.69) is 201 Å². The SMILES string of the molecule is CC1(C)c2cc(-c3cccc(-c4ccc(-c5nc(-c6ccccc6)nc(-c6ccccc6)n5)cc4)c3)ccc2-c2cc3c(cc21)oc1ccccc13.CC1(C)c2cc(B3OC(C)(C)C(C)(C)O3)ccc2-c2cc3c(cc21)oc1ccccc13.Clc1cccc(-c2ccc(-c3nc(-c4ccccc4)nc(-c4ccccc4)n3)cc2)c1. The largest absolute Gasteiger partial charge is 0.494 e. The van der Waals surface area contributed by atoms with Crippen LogP contribution in [0.3, 0.4) is 0 Å². The molecule has 1 aliphatic heterocycles. The van der Waals surface area contributed by atoms with E-state index < -0.39 is 0 Å². The summed E-state index contributed by atoms with van der Waals surface area (Å²) in [5, 5.41) is 5.40. The van der Waals surface area contributed by atoms with E-state index in [1.807, 2.05) is 182 Å². The van der Waals surface area contributed by atoms with Crippen LogP contribution in [0.15, 0.2) is 336 Å². The number of benzene rings is 14. The highest BCUT2D eigenvalue weighted by molar-refractivity contribution is 6.62. The highest BCUT2D eigenvalue weighted by Crippen LogP contribution is 2.54. The number of para-hydroxylation sites is 2. The molecule has 4 aromatic heterocycles. The van der Waals surface area contributed by atoms with Crippen LogP contribution in [0.4, 0.5) is 0 Å². The highest BCUT2D eigenvalue weighted by Gasteiger charge is 2.52. The minimum Gasteiger partial charge on any atom is -0.456 e. The smallest absolute Gasteiger partial charge is 0.456 e. The molecule has 5 heterocycles. The van der Waals surface area contributed by atoms with Crippen LogP contribution in [0.2, 0.25) is 5.02 Å². The first-order chi connectivity index (χ1) is 55.3. The zero-order chi connectivity index (χ0) is 77.6. The molecule has 0 saturated carbocycles. The zero-order valence-corrected chi connectivity index (χ0v) is 65.2. The fourth-order valence-electron chi connectivity index (χ4n) is 16.3. The van der Waals surface area contributed by atoms with Gasteiger partial charge in [0.25, 0.3) is 0 Å². The van der Waals surface area contributed by atoms with E-state index in [0.29, 0.717) is 34.9 Å². The van der Waals surface area contributed by atoms with E-state index in [1.165, 1.54) is 71.8 Å². The molecular weight excluding hydrogens is 1420 g/mol. The summed E-state index contributed by atoms with van der Waals surface area (Å²) in [4.78, 5) is 28.9. The maximum absolute atomic E-state index is 6.32. The Morgan fingerprint density at radius 2 is 0.544 bits per heavy atom. The van der Waals surface area contributed by atoms with Gasteiger partial charge >= 0.3 is 7.12 Å². The summed E-state index contributed by atoms with van der Waals surface area (Å²) in [6.07, 6.45) is 0. The molecule has 0 amide bonds. The monoisotopic (exact) mass is 1500 g/mol. The van der Waals surface area contributed by atoms with Crippen molar-refractivity contribution >= 4 is 68.1 Å². The van der Waals surface area contributed by atoms with Crippen LogP contribution < -0.4 is 5.46 Å². The number of hydrogen-bond acceptors (Lipinski definition) is 10. The first-order valence-electron chi connectivity index (χ1n) is 38.7. The lowest BCUT2D eigenvalue weighted by molar-refractivity contribution is 0.00578. The zero-order valence-electron chi connectivity index (χ0n) is 64.4. The Morgan fingerprint density at radius 1 is 0.237 bits per heavy atom. The van der Waals surface area contributed by atoms with Gasteiger partial charge in [0.1, 0.15) is 22.3 Å². The third-order valence-corrected chi connectivity index (χ3v) is 23.5. The molecule has 1 saturated heterocycles. The molecule has 1 fully saturated rings. The lowest BCUT2D eigenvalue weighted by Crippen LogP contribution is -2.41. The maximum atomic E-state index is 6.32. The summed E-state index contributed by atoms with van der Waals surface area (Å²) < 4.78 is 25.1. The molecule has 0 unspecified atom stereocenters. The minimum absolute atomic E-state index is 0.127. The lowest BCUT2D eigenvalue weighted by atomic mass is 9.74. The second-order valence-corrected chi connectivity index (χ2v) is 32.1. The van der Waals surface area contributed by atoms with Crippen LogP contribution in [-0.2, 0) is 20.1 Å².